The summed E-state index contributed by atoms with van der Waals surface area (Å²) in [5, 5.41) is 8.72. The molecule has 0 atom stereocenters. The maximum absolute atomic E-state index is 10.2. The van der Waals surface area contributed by atoms with E-state index in [0.717, 1.165) is 58.4 Å². The molecule has 0 spiro atoms. The molecule has 0 aromatic heterocycles. The molecule has 0 radical (unpaired) electrons. The maximum Gasteiger partial charge on any atom is 0.120 e. The van der Waals surface area contributed by atoms with Crippen LogP contribution >= 0.6 is 0 Å². The van der Waals surface area contributed by atoms with E-state index in [0.29, 0.717) is 13.0 Å². The fraction of sp³-hybridized carbons (Fsp3) is 0.909. The molecule has 1 heterocycles. The van der Waals surface area contributed by atoms with Crippen LogP contribution in [0.15, 0.2) is 0 Å². The average molecular weight is 214 g/mol. The Morgan fingerprint density at radius 1 is 1.00 bits per heavy atom. The Hall–Kier alpha value is -0.450. The minimum atomic E-state index is 0.291. The van der Waals surface area contributed by atoms with Gasteiger partial charge in [0.2, 0.25) is 0 Å². The molecule has 4 heteroatoms. The average Bonchev–Trinajstić information content (AvgIpc) is 2.28. The van der Waals surface area contributed by atoms with Gasteiger partial charge < -0.3 is 19.7 Å². The molecule has 0 amide bonds. The predicted octanol–water partition coefficient (Wildman–Crippen LogP) is -0.0345. The molecule has 4 nitrogen and oxygen atoms in total. The zero-order chi connectivity index (χ0) is 10.9. The van der Waals surface area contributed by atoms with Gasteiger partial charge in [-0.05, 0) is 19.4 Å². The third kappa shape index (κ3) is 5.25. The van der Waals surface area contributed by atoms with Crippen LogP contribution in [0.4, 0.5) is 0 Å². The van der Waals surface area contributed by atoms with E-state index in [1.54, 1.807) is 0 Å². The van der Waals surface area contributed by atoms with Gasteiger partial charge in [0, 0.05) is 45.8 Å². The van der Waals surface area contributed by atoms with E-state index in [4.69, 9.17) is 5.11 Å². The predicted molar refractivity (Wildman–Crippen MR) is 59.9 cm³/mol. The summed E-state index contributed by atoms with van der Waals surface area (Å²) in [5.74, 6) is 0. The highest BCUT2D eigenvalue weighted by molar-refractivity contribution is 5.48. The number of aliphatic hydroxyl groups is 1. The van der Waals surface area contributed by atoms with E-state index in [2.05, 4.69) is 9.80 Å². The second kappa shape index (κ2) is 7.79. The number of aldehydes is 1. The quantitative estimate of drug-likeness (QED) is 0.477. The third-order valence-corrected chi connectivity index (χ3v) is 2.89. The molecule has 0 aromatic rings. The Balaban J connectivity index is 2.04. The van der Waals surface area contributed by atoms with Crippen molar-refractivity contribution in [2.75, 3.05) is 45.9 Å². The largest absolute Gasteiger partial charge is 0.396 e. The Bertz CT molecular complexity index is 168. The van der Waals surface area contributed by atoms with Crippen LogP contribution in [0.5, 0.6) is 0 Å². The number of aliphatic hydroxyl groups excluding tert-OH is 1. The summed E-state index contributed by atoms with van der Waals surface area (Å²) < 4.78 is 0. The molecule has 1 aliphatic heterocycles. The summed E-state index contributed by atoms with van der Waals surface area (Å²) in [7, 11) is 0. The van der Waals surface area contributed by atoms with E-state index >= 15 is 0 Å². The SMILES string of the molecule is O=CCCCN1CCN(CCCO)CC1. The molecule has 1 aliphatic rings. The highest BCUT2D eigenvalue weighted by Gasteiger charge is 2.15. The molecule has 0 aliphatic carbocycles. The first-order valence-electron chi connectivity index (χ1n) is 5.86. The van der Waals surface area contributed by atoms with Gasteiger partial charge in [-0.15, -0.1) is 0 Å². The van der Waals surface area contributed by atoms with E-state index in [1.165, 1.54) is 0 Å². The van der Waals surface area contributed by atoms with E-state index < -0.39 is 0 Å². The number of nitrogens with zero attached hydrogens (tertiary/aromatic N) is 2. The van der Waals surface area contributed by atoms with Crippen LogP contribution in [-0.2, 0) is 4.79 Å². The highest BCUT2D eigenvalue weighted by atomic mass is 16.3. The van der Waals surface area contributed by atoms with Gasteiger partial charge in [0.25, 0.3) is 0 Å². The molecule has 88 valence electrons. The van der Waals surface area contributed by atoms with Crippen LogP contribution < -0.4 is 0 Å². The number of carbonyl (C=O) groups excluding carboxylic acids is 1. The van der Waals surface area contributed by atoms with Crippen molar-refractivity contribution in [3.05, 3.63) is 0 Å². The van der Waals surface area contributed by atoms with Crippen LogP contribution in [-0.4, -0.2) is 67.1 Å². The molecule has 0 unspecified atom stereocenters. The van der Waals surface area contributed by atoms with Crippen molar-refractivity contribution in [1.82, 2.24) is 9.80 Å². The number of hydrogen-bond acceptors (Lipinski definition) is 4. The van der Waals surface area contributed by atoms with Gasteiger partial charge in [0.15, 0.2) is 0 Å². The summed E-state index contributed by atoms with van der Waals surface area (Å²) in [5.41, 5.74) is 0. The first kappa shape index (κ1) is 12.6. The van der Waals surface area contributed by atoms with E-state index in [9.17, 15) is 4.79 Å². The molecule has 1 fully saturated rings. The lowest BCUT2D eigenvalue weighted by molar-refractivity contribution is -0.108. The lowest BCUT2D eigenvalue weighted by atomic mass is 10.2. The van der Waals surface area contributed by atoms with Gasteiger partial charge in [0.1, 0.15) is 6.29 Å². The second-order valence-corrected chi connectivity index (χ2v) is 4.07. The minimum absolute atomic E-state index is 0.291. The fourth-order valence-corrected chi connectivity index (χ4v) is 1.93. The molecule has 0 saturated carbocycles. The summed E-state index contributed by atoms with van der Waals surface area (Å²) >= 11 is 0. The van der Waals surface area contributed by atoms with Gasteiger partial charge >= 0.3 is 0 Å². The molecular weight excluding hydrogens is 192 g/mol. The van der Waals surface area contributed by atoms with Crippen molar-refractivity contribution in [2.45, 2.75) is 19.3 Å². The zero-order valence-corrected chi connectivity index (χ0v) is 9.40. The molecule has 0 bridgehead atoms. The topological polar surface area (TPSA) is 43.8 Å². The second-order valence-electron chi connectivity index (χ2n) is 4.07. The number of unbranched alkanes of at least 4 members (excludes halogenated alkanes) is 1. The molecule has 1 saturated heterocycles. The molecule has 1 rings (SSSR count). The zero-order valence-electron chi connectivity index (χ0n) is 9.40. The first-order valence-corrected chi connectivity index (χ1v) is 5.86. The van der Waals surface area contributed by atoms with Crippen LogP contribution in [0.3, 0.4) is 0 Å². The van der Waals surface area contributed by atoms with Crippen molar-refractivity contribution >= 4 is 6.29 Å². The van der Waals surface area contributed by atoms with Gasteiger partial charge in [-0.2, -0.15) is 0 Å². The van der Waals surface area contributed by atoms with Gasteiger partial charge in [-0.1, -0.05) is 0 Å². The van der Waals surface area contributed by atoms with Crippen molar-refractivity contribution in [3.8, 4) is 0 Å². The molecule has 15 heavy (non-hydrogen) atoms. The minimum Gasteiger partial charge on any atom is -0.396 e. The monoisotopic (exact) mass is 214 g/mol. The van der Waals surface area contributed by atoms with Gasteiger partial charge in [-0.3, -0.25) is 0 Å². The summed E-state index contributed by atoms with van der Waals surface area (Å²) in [6.45, 7) is 6.75. The number of hydrogen-bond donors (Lipinski definition) is 1. The number of carbonyl (C=O) groups is 1. The van der Waals surface area contributed by atoms with Gasteiger partial charge in [-0.25, -0.2) is 0 Å². The van der Waals surface area contributed by atoms with Crippen molar-refractivity contribution in [3.63, 3.8) is 0 Å². The smallest absolute Gasteiger partial charge is 0.120 e. The van der Waals surface area contributed by atoms with Crippen molar-refractivity contribution < 1.29 is 9.90 Å². The Kier molecular flexibility index (Phi) is 6.55. The van der Waals surface area contributed by atoms with E-state index in [1.807, 2.05) is 0 Å². The lowest BCUT2D eigenvalue weighted by Gasteiger charge is -2.34. The third-order valence-electron chi connectivity index (χ3n) is 2.89. The van der Waals surface area contributed by atoms with Crippen LogP contribution in [0.25, 0.3) is 0 Å². The van der Waals surface area contributed by atoms with Crippen molar-refractivity contribution in [2.24, 2.45) is 0 Å². The Labute approximate surface area is 91.9 Å². The first-order chi connectivity index (χ1) is 7.36. The summed E-state index contributed by atoms with van der Waals surface area (Å²) in [6, 6.07) is 0. The molecule has 0 aromatic carbocycles. The van der Waals surface area contributed by atoms with Crippen LogP contribution in [0.1, 0.15) is 19.3 Å². The molecular formula is C11H22N2O2. The Morgan fingerprint density at radius 3 is 2.00 bits per heavy atom. The lowest BCUT2D eigenvalue weighted by Crippen LogP contribution is -2.46. The van der Waals surface area contributed by atoms with E-state index in [-0.39, 0.29) is 0 Å². The Morgan fingerprint density at radius 2 is 1.53 bits per heavy atom. The summed E-state index contributed by atoms with van der Waals surface area (Å²) in [4.78, 5) is 15.0. The van der Waals surface area contributed by atoms with Crippen molar-refractivity contribution in [1.29, 1.82) is 0 Å². The molecule has 1 N–H and O–H groups in total. The maximum atomic E-state index is 10.2. The standard InChI is InChI=1S/C11H22N2O2/c14-10-2-1-4-12-6-8-13(9-7-12)5-3-11-15/h10,15H,1-9,11H2. The number of rotatable bonds is 7. The number of piperazine rings is 1. The normalized spacial score (nSPS) is 19.3. The summed E-state index contributed by atoms with van der Waals surface area (Å²) in [6.07, 6.45) is 3.55. The fourth-order valence-electron chi connectivity index (χ4n) is 1.93. The highest BCUT2D eigenvalue weighted by Crippen LogP contribution is 2.03. The van der Waals surface area contributed by atoms with Crippen LogP contribution in [0.2, 0.25) is 0 Å². The van der Waals surface area contributed by atoms with Gasteiger partial charge in [0.05, 0.1) is 0 Å². The van der Waals surface area contributed by atoms with Crippen LogP contribution in [0, 0.1) is 0 Å².